The molecule has 1 saturated heterocycles. The Morgan fingerprint density at radius 1 is 1.00 bits per heavy atom. The molecule has 0 radical (unpaired) electrons. The number of ether oxygens (including phenoxy) is 2. The summed E-state index contributed by atoms with van der Waals surface area (Å²) >= 11 is 7.52. The van der Waals surface area contributed by atoms with E-state index in [1.807, 2.05) is 12.1 Å². The average Bonchev–Trinajstić information content (AvgIpc) is 3.71. The third-order valence-corrected chi connectivity index (χ3v) is 10.1. The normalized spacial score (nSPS) is 13.8. The Kier molecular flexibility index (Phi) is 13.0. The molecule has 260 valence electrons. The molecule has 2 N–H and O–H groups in total. The number of thioether (sulfide) groups is 1. The standard InChI is InChI=1S/C38H44ClN3O6S/c1-26-36(33-23-30(47-2)15-16-34(33)42(26)37(44)28-11-13-29(39)14-12-28)32(38(45)46)10-6-21-49-25-35(43)40-17-7-20-48-31-9-5-8-27(22-31)24-41-18-3-4-19-41/h5,8-9,11-16,22-23,32H,3-4,6-7,10,17-21,24-25H2,1-2H3,(H,40,43)(H,45,46). The van der Waals surface area contributed by atoms with Crippen LogP contribution in [0.1, 0.15) is 65.2 Å². The van der Waals surface area contributed by atoms with Crippen LogP contribution in [-0.4, -0.2) is 77.2 Å². The highest BCUT2D eigenvalue weighted by molar-refractivity contribution is 7.99. The van der Waals surface area contributed by atoms with E-state index in [0.29, 0.717) is 82.4 Å². The first kappa shape index (κ1) is 36.3. The van der Waals surface area contributed by atoms with Crippen LogP contribution in [0.4, 0.5) is 0 Å². The molecule has 1 unspecified atom stereocenters. The smallest absolute Gasteiger partial charge is 0.311 e. The van der Waals surface area contributed by atoms with Crippen molar-refractivity contribution >= 4 is 52.0 Å². The zero-order valence-corrected chi connectivity index (χ0v) is 29.7. The molecule has 5 rings (SSSR count). The van der Waals surface area contributed by atoms with Crippen LogP contribution in [0.25, 0.3) is 10.9 Å². The number of aromatic nitrogens is 1. The van der Waals surface area contributed by atoms with Crippen LogP contribution in [-0.2, 0) is 16.1 Å². The quantitative estimate of drug-likeness (QED) is 0.111. The van der Waals surface area contributed by atoms with Gasteiger partial charge in [-0.3, -0.25) is 23.9 Å². The Labute approximate surface area is 296 Å². The molecule has 0 aliphatic carbocycles. The number of benzene rings is 3. The van der Waals surface area contributed by atoms with E-state index in [4.69, 9.17) is 21.1 Å². The summed E-state index contributed by atoms with van der Waals surface area (Å²) in [6.45, 7) is 6.09. The maximum Gasteiger partial charge on any atom is 0.311 e. The average molecular weight is 706 g/mol. The predicted molar refractivity (Wildman–Crippen MR) is 195 cm³/mol. The summed E-state index contributed by atoms with van der Waals surface area (Å²) in [5.74, 6) is 0.209. The molecule has 1 atom stereocenters. The van der Waals surface area contributed by atoms with Gasteiger partial charge in [0.1, 0.15) is 11.5 Å². The van der Waals surface area contributed by atoms with Crippen LogP contribution in [0.15, 0.2) is 66.7 Å². The molecule has 9 nitrogen and oxygen atoms in total. The van der Waals surface area contributed by atoms with Crippen LogP contribution in [0, 0.1) is 6.92 Å². The fraction of sp³-hybridized carbons (Fsp3) is 0.395. The molecule has 4 aromatic rings. The highest BCUT2D eigenvalue weighted by atomic mass is 35.5. The Bertz CT molecular complexity index is 1750. The monoisotopic (exact) mass is 705 g/mol. The number of amides is 1. The van der Waals surface area contributed by atoms with Crippen LogP contribution >= 0.6 is 23.4 Å². The number of hydrogen-bond acceptors (Lipinski definition) is 7. The largest absolute Gasteiger partial charge is 0.497 e. The van der Waals surface area contributed by atoms with Gasteiger partial charge in [0, 0.05) is 34.8 Å². The van der Waals surface area contributed by atoms with Crippen molar-refractivity contribution in [3.63, 3.8) is 0 Å². The van der Waals surface area contributed by atoms with E-state index in [1.165, 1.54) is 30.2 Å². The topological polar surface area (TPSA) is 110 Å². The summed E-state index contributed by atoms with van der Waals surface area (Å²) in [5, 5.41) is 14.5. The minimum atomic E-state index is -0.966. The van der Waals surface area contributed by atoms with Gasteiger partial charge in [0.2, 0.25) is 5.91 Å². The molecule has 49 heavy (non-hydrogen) atoms. The maximum absolute atomic E-state index is 13.6. The van der Waals surface area contributed by atoms with Crippen molar-refractivity contribution in [2.45, 2.75) is 51.5 Å². The second-order valence-electron chi connectivity index (χ2n) is 12.3. The third-order valence-electron chi connectivity index (χ3n) is 8.83. The summed E-state index contributed by atoms with van der Waals surface area (Å²) in [6, 6.07) is 20.2. The first-order valence-corrected chi connectivity index (χ1v) is 18.3. The number of likely N-dealkylation sites (tertiary alicyclic amines) is 1. The number of nitrogens with one attached hydrogen (secondary N) is 1. The molecule has 0 spiro atoms. The van der Waals surface area contributed by atoms with Crippen LogP contribution in [0.2, 0.25) is 5.02 Å². The molecule has 3 aromatic carbocycles. The van der Waals surface area contributed by atoms with Crippen molar-refractivity contribution in [2.75, 3.05) is 44.9 Å². The Morgan fingerprint density at radius 3 is 2.51 bits per heavy atom. The lowest BCUT2D eigenvalue weighted by Gasteiger charge is -2.15. The third kappa shape index (κ3) is 9.59. The molecular weight excluding hydrogens is 662 g/mol. The molecule has 11 heteroatoms. The van der Waals surface area contributed by atoms with E-state index in [-0.39, 0.29) is 11.8 Å². The second-order valence-corrected chi connectivity index (χ2v) is 13.8. The van der Waals surface area contributed by atoms with Gasteiger partial charge < -0.3 is 19.9 Å². The Hall–Kier alpha value is -3.99. The first-order chi connectivity index (χ1) is 23.7. The summed E-state index contributed by atoms with van der Waals surface area (Å²) in [7, 11) is 1.55. The number of carboxylic acid groups (broad SMARTS) is 1. The molecule has 1 aromatic heterocycles. The molecule has 0 bridgehead atoms. The molecular formula is C38H44ClN3O6S. The van der Waals surface area contributed by atoms with E-state index in [1.54, 1.807) is 61.1 Å². The lowest BCUT2D eigenvalue weighted by molar-refractivity contribution is -0.139. The van der Waals surface area contributed by atoms with Gasteiger partial charge in [0.05, 0.1) is 30.9 Å². The SMILES string of the molecule is COc1ccc2c(c1)c(C(CCCSCC(=O)NCCCOc1cccc(CN3CCCC3)c1)C(=O)O)c(C)n2C(=O)c1ccc(Cl)cc1. The summed E-state index contributed by atoms with van der Waals surface area (Å²) in [4.78, 5) is 41.2. The van der Waals surface area contributed by atoms with Gasteiger partial charge in [0.15, 0.2) is 0 Å². The summed E-state index contributed by atoms with van der Waals surface area (Å²) < 4.78 is 12.9. The van der Waals surface area contributed by atoms with Crippen LogP contribution < -0.4 is 14.8 Å². The number of carboxylic acids is 1. The lowest BCUT2D eigenvalue weighted by Crippen LogP contribution is -2.27. The molecule has 0 saturated carbocycles. The van der Waals surface area contributed by atoms with Crippen molar-refractivity contribution in [3.8, 4) is 11.5 Å². The van der Waals surface area contributed by atoms with E-state index in [2.05, 4.69) is 22.3 Å². The fourth-order valence-corrected chi connectivity index (χ4v) is 7.32. The minimum Gasteiger partial charge on any atom is -0.497 e. The van der Waals surface area contributed by atoms with Gasteiger partial charge >= 0.3 is 5.97 Å². The fourth-order valence-electron chi connectivity index (χ4n) is 6.39. The number of methoxy groups -OCH3 is 1. The van der Waals surface area contributed by atoms with Gasteiger partial charge in [-0.2, -0.15) is 11.8 Å². The Balaban J connectivity index is 1.10. The van der Waals surface area contributed by atoms with Crippen molar-refractivity contribution in [1.29, 1.82) is 0 Å². The van der Waals surface area contributed by atoms with Crippen molar-refractivity contribution < 1.29 is 29.0 Å². The van der Waals surface area contributed by atoms with Gasteiger partial charge in [-0.15, -0.1) is 0 Å². The summed E-state index contributed by atoms with van der Waals surface area (Å²) in [5.41, 5.74) is 3.47. The van der Waals surface area contributed by atoms with Crippen LogP contribution in [0.5, 0.6) is 11.5 Å². The molecule has 1 amide bonds. The van der Waals surface area contributed by atoms with E-state index < -0.39 is 11.9 Å². The van der Waals surface area contributed by atoms with Gasteiger partial charge in [-0.1, -0.05) is 23.7 Å². The van der Waals surface area contributed by atoms with Crippen molar-refractivity contribution in [1.82, 2.24) is 14.8 Å². The number of nitrogens with zero attached hydrogens (tertiary/aromatic N) is 2. The first-order valence-electron chi connectivity index (χ1n) is 16.8. The zero-order valence-electron chi connectivity index (χ0n) is 28.1. The number of hydrogen-bond donors (Lipinski definition) is 2. The number of carbonyl (C=O) groups excluding carboxylic acids is 2. The number of carbonyl (C=O) groups is 3. The minimum absolute atomic E-state index is 0.0564. The molecule has 1 aliphatic rings. The van der Waals surface area contributed by atoms with Gasteiger partial charge in [-0.05, 0) is 124 Å². The summed E-state index contributed by atoms with van der Waals surface area (Å²) in [6.07, 6.45) is 4.18. The van der Waals surface area contributed by atoms with Gasteiger partial charge in [-0.25, -0.2) is 0 Å². The number of halogens is 1. The van der Waals surface area contributed by atoms with E-state index in [9.17, 15) is 19.5 Å². The molecule has 1 fully saturated rings. The zero-order chi connectivity index (χ0) is 34.8. The van der Waals surface area contributed by atoms with E-state index in [0.717, 1.165) is 25.4 Å². The number of fused-ring (bicyclic) bond motifs is 1. The van der Waals surface area contributed by atoms with E-state index >= 15 is 0 Å². The Morgan fingerprint density at radius 2 is 1.78 bits per heavy atom. The molecule has 1 aliphatic heterocycles. The number of rotatable bonds is 17. The maximum atomic E-state index is 13.6. The number of aliphatic carboxylic acids is 1. The molecule has 2 heterocycles. The predicted octanol–water partition coefficient (Wildman–Crippen LogP) is 7.16. The second kappa shape index (κ2) is 17.6. The highest BCUT2D eigenvalue weighted by Crippen LogP contribution is 2.37. The lowest BCUT2D eigenvalue weighted by atomic mass is 9.92. The van der Waals surface area contributed by atoms with Gasteiger partial charge in [0.25, 0.3) is 5.91 Å². The van der Waals surface area contributed by atoms with Crippen molar-refractivity contribution in [2.24, 2.45) is 0 Å². The van der Waals surface area contributed by atoms with Crippen molar-refractivity contribution in [3.05, 3.63) is 94.1 Å². The van der Waals surface area contributed by atoms with Crippen LogP contribution in [0.3, 0.4) is 0 Å². The highest BCUT2D eigenvalue weighted by Gasteiger charge is 2.29.